The van der Waals surface area contributed by atoms with Gasteiger partial charge in [-0.3, -0.25) is 0 Å². The number of nitrogens with one attached hydrogen (secondary N) is 1. The first-order valence-electron chi connectivity index (χ1n) is 5.94. The molecule has 2 unspecified atom stereocenters. The van der Waals surface area contributed by atoms with Crippen molar-refractivity contribution in [1.82, 2.24) is 10.3 Å². The minimum Gasteiger partial charge on any atom is -0.377 e. The lowest BCUT2D eigenvalue weighted by Crippen LogP contribution is -2.35. The molecule has 0 saturated carbocycles. The Morgan fingerprint density at radius 2 is 2.31 bits per heavy atom. The highest BCUT2D eigenvalue weighted by atomic mass is 32.1. The van der Waals surface area contributed by atoms with Crippen LogP contribution in [0.5, 0.6) is 0 Å². The zero-order valence-electron chi connectivity index (χ0n) is 10.2. The van der Waals surface area contributed by atoms with E-state index < -0.39 is 0 Å². The maximum Gasteiger partial charge on any atom is 0.0943 e. The third kappa shape index (κ3) is 2.81. The van der Waals surface area contributed by atoms with Gasteiger partial charge in [0.15, 0.2) is 0 Å². The molecule has 3 nitrogen and oxygen atoms in total. The fraction of sp³-hybridized carbons (Fsp3) is 0.750. The average molecular weight is 240 g/mol. The molecule has 0 spiro atoms. The van der Waals surface area contributed by atoms with Gasteiger partial charge in [0.25, 0.3) is 0 Å². The topological polar surface area (TPSA) is 34.2 Å². The summed E-state index contributed by atoms with van der Waals surface area (Å²) in [7, 11) is 0. The number of aryl methyl sites for hydroxylation is 2. The van der Waals surface area contributed by atoms with Crippen molar-refractivity contribution in [1.29, 1.82) is 0 Å². The summed E-state index contributed by atoms with van der Waals surface area (Å²) < 4.78 is 5.52. The first-order chi connectivity index (χ1) is 7.66. The van der Waals surface area contributed by atoms with E-state index in [2.05, 4.69) is 31.1 Å². The van der Waals surface area contributed by atoms with Crippen molar-refractivity contribution in [3.8, 4) is 0 Å². The van der Waals surface area contributed by atoms with Crippen molar-refractivity contribution in [3.63, 3.8) is 0 Å². The molecule has 1 saturated heterocycles. The summed E-state index contributed by atoms with van der Waals surface area (Å²) in [6, 6.07) is 0.530. The first-order valence-corrected chi connectivity index (χ1v) is 6.76. The molecule has 0 amide bonds. The smallest absolute Gasteiger partial charge is 0.0943 e. The molecule has 90 valence electrons. The van der Waals surface area contributed by atoms with Crippen LogP contribution in [0.25, 0.3) is 0 Å². The lowest BCUT2D eigenvalue weighted by Gasteiger charge is -2.15. The molecule has 2 rings (SSSR count). The zero-order valence-corrected chi connectivity index (χ0v) is 11.1. The Hall–Kier alpha value is -0.450. The van der Waals surface area contributed by atoms with Crippen LogP contribution in [0, 0.1) is 13.8 Å². The van der Waals surface area contributed by atoms with E-state index in [9.17, 15) is 0 Å². The average Bonchev–Trinajstić information content (AvgIpc) is 2.76. The Balaban J connectivity index is 1.75. The van der Waals surface area contributed by atoms with Gasteiger partial charge in [-0.1, -0.05) is 0 Å². The standard InChI is InChI=1S/C12H20N2OS/c1-8-10(3)16-12(14-8)4-6-13-11-5-7-15-9(11)2/h9,11,13H,4-7H2,1-3H3. The summed E-state index contributed by atoms with van der Waals surface area (Å²) in [6.45, 7) is 8.26. The third-order valence-corrected chi connectivity index (χ3v) is 4.33. The molecular formula is C12H20N2OS. The summed E-state index contributed by atoms with van der Waals surface area (Å²) in [4.78, 5) is 5.88. The molecule has 16 heavy (non-hydrogen) atoms. The Morgan fingerprint density at radius 1 is 1.50 bits per heavy atom. The largest absolute Gasteiger partial charge is 0.377 e. The van der Waals surface area contributed by atoms with E-state index in [1.807, 2.05) is 11.3 Å². The summed E-state index contributed by atoms with van der Waals surface area (Å²) in [5, 5.41) is 4.79. The van der Waals surface area contributed by atoms with E-state index in [1.165, 1.54) is 15.6 Å². The van der Waals surface area contributed by atoms with Crippen LogP contribution >= 0.6 is 11.3 Å². The molecule has 1 N–H and O–H groups in total. The van der Waals surface area contributed by atoms with Crippen molar-refractivity contribution in [2.75, 3.05) is 13.2 Å². The van der Waals surface area contributed by atoms with E-state index in [4.69, 9.17) is 4.74 Å². The van der Waals surface area contributed by atoms with E-state index in [0.29, 0.717) is 12.1 Å². The number of ether oxygens (including phenoxy) is 1. The van der Waals surface area contributed by atoms with Crippen LogP contribution in [0.15, 0.2) is 0 Å². The Morgan fingerprint density at radius 3 is 2.88 bits per heavy atom. The number of hydrogen-bond acceptors (Lipinski definition) is 4. The maximum absolute atomic E-state index is 5.52. The first kappa shape index (κ1) is 12.0. The van der Waals surface area contributed by atoms with E-state index >= 15 is 0 Å². The van der Waals surface area contributed by atoms with Gasteiger partial charge in [0.05, 0.1) is 16.8 Å². The van der Waals surface area contributed by atoms with Crippen LogP contribution in [0.3, 0.4) is 0 Å². The second-order valence-electron chi connectivity index (χ2n) is 4.42. The fourth-order valence-electron chi connectivity index (χ4n) is 2.01. The molecule has 0 radical (unpaired) electrons. The Kier molecular flexibility index (Phi) is 3.95. The normalized spacial score (nSPS) is 25.2. The lowest BCUT2D eigenvalue weighted by molar-refractivity contribution is 0.113. The lowest BCUT2D eigenvalue weighted by atomic mass is 10.1. The summed E-state index contributed by atoms with van der Waals surface area (Å²) in [5.41, 5.74) is 1.18. The molecule has 0 bridgehead atoms. The van der Waals surface area contributed by atoms with Gasteiger partial charge in [-0.15, -0.1) is 11.3 Å². The SMILES string of the molecule is Cc1nc(CCNC2CCOC2C)sc1C. The van der Waals surface area contributed by atoms with Crippen LogP contribution in [-0.2, 0) is 11.2 Å². The highest BCUT2D eigenvalue weighted by Gasteiger charge is 2.23. The molecular weight excluding hydrogens is 220 g/mol. The summed E-state index contributed by atoms with van der Waals surface area (Å²) in [6.07, 6.45) is 2.53. The van der Waals surface area contributed by atoms with E-state index in [1.54, 1.807) is 0 Å². The number of hydrogen-bond donors (Lipinski definition) is 1. The van der Waals surface area contributed by atoms with E-state index in [-0.39, 0.29) is 0 Å². The number of nitrogens with zero attached hydrogens (tertiary/aromatic N) is 1. The highest BCUT2D eigenvalue weighted by Crippen LogP contribution is 2.17. The van der Waals surface area contributed by atoms with Crippen molar-refractivity contribution in [3.05, 3.63) is 15.6 Å². The molecule has 1 aliphatic rings. The Bertz CT molecular complexity index is 331. The Labute approximate surface area is 101 Å². The highest BCUT2D eigenvalue weighted by molar-refractivity contribution is 7.11. The summed E-state index contributed by atoms with van der Waals surface area (Å²) in [5.74, 6) is 0. The molecule has 1 aliphatic heterocycles. The van der Waals surface area contributed by atoms with Crippen molar-refractivity contribution in [2.45, 2.75) is 45.8 Å². The van der Waals surface area contributed by atoms with Gasteiger partial charge < -0.3 is 10.1 Å². The van der Waals surface area contributed by atoms with Gasteiger partial charge in [-0.05, 0) is 27.2 Å². The van der Waals surface area contributed by atoms with Gasteiger partial charge in [0.1, 0.15) is 0 Å². The van der Waals surface area contributed by atoms with Crippen molar-refractivity contribution >= 4 is 11.3 Å². The predicted molar refractivity (Wildman–Crippen MR) is 67.1 cm³/mol. The fourth-order valence-corrected chi connectivity index (χ4v) is 2.94. The van der Waals surface area contributed by atoms with Crippen LogP contribution in [0.4, 0.5) is 0 Å². The molecule has 0 aliphatic carbocycles. The second kappa shape index (κ2) is 5.25. The van der Waals surface area contributed by atoms with Gasteiger partial charge in [-0.2, -0.15) is 0 Å². The molecule has 4 heteroatoms. The van der Waals surface area contributed by atoms with Crippen molar-refractivity contribution < 1.29 is 4.74 Å². The minimum absolute atomic E-state index is 0.361. The van der Waals surface area contributed by atoms with Gasteiger partial charge in [-0.25, -0.2) is 4.98 Å². The van der Waals surface area contributed by atoms with Gasteiger partial charge in [0, 0.05) is 30.5 Å². The van der Waals surface area contributed by atoms with Crippen LogP contribution < -0.4 is 5.32 Å². The quantitative estimate of drug-likeness (QED) is 0.875. The van der Waals surface area contributed by atoms with Gasteiger partial charge >= 0.3 is 0 Å². The number of aromatic nitrogens is 1. The third-order valence-electron chi connectivity index (χ3n) is 3.19. The van der Waals surface area contributed by atoms with E-state index in [0.717, 1.165) is 26.0 Å². The number of thiazole rings is 1. The van der Waals surface area contributed by atoms with Crippen LogP contribution in [-0.4, -0.2) is 30.3 Å². The number of rotatable bonds is 4. The minimum atomic E-state index is 0.361. The predicted octanol–water partition coefficient (Wildman–Crippen LogP) is 2.07. The summed E-state index contributed by atoms with van der Waals surface area (Å²) >= 11 is 1.82. The van der Waals surface area contributed by atoms with Crippen molar-refractivity contribution in [2.24, 2.45) is 0 Å². The monoisotopic (exact) mass is 240 g/mol. The van der Waals surface area contributed by atoms with Gasteiger partial charge in [0.2, 0.25) is 0 Å². The molecule has 1 fully saturated rings. The molecule has 0 aromatic carbocycles. The molecule has 1 aromatic heterocycles. The van der Waals surface area contributed by atoms with Crippen LogP contribution in [0.1, 0.15) is 28.9 Å². The van der Waals surface area contributed by atoms with Crippen LogP contribution in [0.2, 0.25) is 0 Å². The maximum atomic E-state index is 5.52. The molecule has 1 aromatic rings. The molecule has 2 heterocycles. The second-order valence-corrected chi connectivity index (χ2v) is 5.71. The molecule has 2 atom stereocenters. The zero-order chi connectivity index (χ0) is 11.5.